The summed E-state index contributed by atoms with van der Waals surface area (Å²) in [5.41, 5.74) is 10.7. The maximum Gasteiger partial charge on any atom is 0.219 e. The highest BCUT2D eigenvalue weighted by Gasteiger charge is 2.23. The van der Waals surface area contributed by atoms with Crippen molar-refractivity contribution in [3.63, 3.8) is 0 Å². The summed E-state index contributed by atoms with van der Waals surface area (Å²) in [6.45, 7) is 3.14. The molecule has 6 rings (SSSR count). The molecule has 0 saturated carbocycles. The number of furan rings is 1. The number of carbonyl (C=O) groups excluding carboxylic acids is 1. The summed E-state index contributed by atoms with van der Waals surface area (Å²) in [7, 11) is 1.99. The predicted octanol–water partition coefficient (Wildman–Crippen LogP) is 4.01. The largest absolute Gasteiger partial charge is 0.452 e. The number of nitrogen functional groups attached to an aromatic ring is 1. The van der Waals surface area contributed by atoms with E-state index in [1.807, 2.05) is 51.9 Å². The van der Waals surface area contributed by atoms with Crippen LogP contribution in [0.4, 0.5) is 5.82 Å². The Morgan fingerprint density at radius 1 is 1.12 bits per heavy atom. The van der Waals surface area contributed by atoms with Crippen LogP contribution in [0.2, 0.25) is 0 Å². The van der Waals surface area contributed by atoms with Crippen molar-refractivity contribution in [1.29, 1.82) is 0 Å². The molecule has 0 atom stereocenters. The predicted molar refractivity (Wildman–Crippen MR) is 130 cm³/mol. The normalized spacial score (nSPS) is 14.9. The van der Waals surface area contributed by atoms with Crippen molar-refractivity contribution in [3.8, 4) is 22.5 Å². The fourth-order valence-electron chi connectivity index (χ4n) is 4.95. The number of aromatic nitrogens is 5. The average Bonchev–Trinajstić information content (AvgIpc) is 3.58. The van der Waals surface area contributed by atoms with Crippen molar-refractivity contribution in [1.82, 2.24) is 29.2 Å². The molecule has 1 amide bonds. The smallest absolute Gasteiger partial charge is 0.219 e. The molecule has 0 radical (unpaired) electrons. The molecule has 0 unspecified atom stereocenters. The number of rotatable bonds is 3. The van der Waals surface area contributed by atoms with Crippen molar-refractivity contribution in [2.45, 2.75) is 25.8 Å². The molecule has 2 N–H and O–H groups in total. The molecule has 6 heterocycles. The van der Waals surface area contributed by atoms with Crippen molar-refractivity contribution in [2.75, 3.05) is 18.8 Å². The van der Waals surface area contributed by atoms with Crippen LogP contribution in [0.25, 0.3) is 44.3 Å². The van der Waals surface area contributed by atoms with Crippen LogP contribution in [-0.2, 0) is 11.8 Å². The highest BCUT2D eigenvalue weighted by molar-refractivity contribution is 6.02. The van der Waals surface area contributed by atoms with E-state index >= 15 is 0 Å². The fourth-order valence-corrected chi connectivity index (χ4v) is 4.95. The number of aryl methyl sites for hydroxylation is 1. The van der Waals surface area contributed by atoms with Crippen LogP contribution >= 0.6 is 0 Å². The van der Waals surface area contributed by atoms with Gasteiger partial charge in [0, 0.05) is 79.3 Å². The molecule has 5 aromatic rings. The summed E-state index contributed by atoms with van der Waals surface area (Å²) in [6, 6.07) is 4.29. The molecule has 172 valence electrons. The van der Waals surface area contributed by atoms with E-state index in [1.54, 1.807) is 19.3 Å². The topological polar surface area (TPSA) is 108 Å². The van der Waals surface area contributed by atoms with Crippen LogP contribution in [0.5, 0.6) is 0 Å². The Kier molecular flexibility index (Phi) is 4.65. The van der Waals surface area contributed by atoms with E-state index in [9.17, 15) is 4.79 Å². The molecule has 0 spiro atoms. The first-order valence-corrected chi connectivity index (χ1v) is 11.4. The van der Waals surface area contributed by atoms with E-state index in [1.165, 1.54) is 0 Å². The first-order chi connectivity index (χ1) is 16.5. The number of likely N-dealkylation sites (tertiary alicyclic amines) is 1. The van der Waals surface area contributed by atoms with Gasteiger partial charge in [-0.25, -0.2) is 4.98 Å². The number of fused-ring (bicyclic) bond motifs is 2. The van der Waals surface area contributed by atoms with Gasteiger partial charge in [0.2, 0.25) is 5.91 Å². The van der Waals surface area contributed by atoms with Crippen LogP contribution in [0.1, 0.15) is 25.8 Å². The fraction of sp³-hybridized carbons (Fsp3) is 0.280. The number of carbonyl (C=O) groups is 1. The van der Waals surface area contributed by atoms with Gasteiger partial charge in [0.1, 0.15) is 5.76 Å². The lowest BCUT2D eigenvalue weighted by Gasteiger charge is -2.31. The van der Waals surface area contributed by atoms with E-state index < -0.39 is 0 Å². The van der Waals surface area contributed by atoms with E-state index in [0.717, 1.165) is 64.7 Å². The molecule has 0 aliphatic carbocycles. The van der Waals surface area contributed by atoms with Crippen LogP contribution in [0.15, 0.2) is 53.7 Å². The lowest BCUT2D eigenvalue weighted by Crippen LogP contribution is -2.37. The maximum atomic E-state index is 11.6. The van der Waals surface area contributed by atoms with Gasteiger partial charge in [-0.15, -0.1) is 0 Å². The second-order valence-electron chi connectivity index (χ2n) is 8.90. The van der Waals surface area contributed by atoms with Crippen molar-refractivity contribution >= 4 is 33.6 Å². The third kappa shape index (κ3) is 3.23. The Bertz CT molecular complexity index is 1540. The van der Waals surface area contributed by atoms with Gasteiger partial charge < -0.3 is 19.6 Å². The SMILES string of the molecule is CC(=O)N1CCC(n2cc(-c3cnc(N)c4oc(-c5cn(C)c6cnccc56)cc34)cn2)CC1. The molecule has 0 aromatic carbocycles. The number of nitrogens with two attached hydrogens (primary N) is 1. The summed E-state index contributed by atoms with van der Waals surface area (Å²) in [4.78, 5) is 22.2. The standard InChI is InChI=1S/C25H25N7O2/c1-15(33)31-7-4-17(5-8-31)32-13-16(10-29-32)20-11-28-25(26)24-19(20)9-23(34-24)21-14-30(2)22-12-27-6-3-18(21)22/h3,6,9-14,17H,4-5,7-8H2,1-2H3,(H2,26,28). The van der Waals surface area contributed by atoms with Gasteiger partial charge in [-0.05, 0) is 25.0 Å². The molecule has 0 bridgehead atoms. The zero-order chi connectivity index (χ0) is 23.4. The number of pyridine rings is 2. The Morgan fingerprint density at radius 3 is 2.74 bits per heavy atom. The van der Waals surface area contributed by atoms with Crippen LogP contribution < -0.4 is 5.73 Å². The molecule has 1 fully saturated rings. The lowest BCUT2D eigenvalue weighted by atomic mass is 10.0. The Morgan fingerprint density at radius 2 is 1.94 bits per heavy atom. The molecular formula is C25H25N7O2. The van der Waals surface area contributed by atoms with Crippen molar-refractivity contribution in [3.05, 3.63) is 49.3 Å². The van der Waals surface area contributed by atoms with Gasteiger partial charge in [0.05, 0.1) is 24.0 Å². The highest BCUT2D eigenvalue weighted by Crippen LogP contribution is 2.39. The summed E-state index contributed by atoms with van der Waals surface area (Å²) in [5.74, 6) is 1.22. The van der Waals surface area contributed by atoms with Crippen LogP contribution in [0.3, 0.4) is 0 Å². The van der Waals surface area contributed by atoms with Crippen LogP contribution in [0, 0.1) is 0 Å². The third-order valence-corrected chi connectivity index (χ3v) is 6.84. The van der Waals surface area contributed by atoms with Gasteiger partial charge in [-0.1, -0.05) is 0 Å². The quantitative estimate of drug-likeness (QED) is 0.440. The van der Waals surface area contributed by atoms with Crippen molar-refractivity contribution in [2.24, 2.45) is 7.05 Å². The molecular weight excluding hydrogens is 430 g/mol. The molecule has 34 heavy (non-hydrogen) atoms. The molecule has 5 aromatic heterocycles. The molecule has 1 aliphatic rings. The summed E-state index contributed by atoms with van der Waals surface area (Å²) < 4.78 is 10.3. The molecule has 1 aliphatic heterocycles. The first-order valence-electron chi connectivity index (χ1n) is 11.4. The Balaban J connectivity index is 1.38. The number of piperidine rings is 1. The van der Waals surface area contributed by atoms with E-state index in [4.69, 9.17) is 10.2 Å². The van der Waals surface area contributed by atoms with Crippen molar-refractivity contribution < 1.29 is 9.21 Å². The van der Waals surface area contributed by atoms with E-state index in [-0.39, 0.29) is 11.9 Å². The number of hydrogen-bond acceptors (Lipinski definition) is 6. The average molecular weight is 456 g/mol. The van der Waals surface area contributed by atoms with Gasteiger partial charge >= 0.3 is 0 Å². The Hall–Kier alpha value is -4.14. The second-order valence-corrected chi connectivity index (χ2v) is 8.90. The second kappa shape index (κ2) is 7.72. The highest BCUT2D eigenvalue weighted by atomic mass is 16.3. The third-order valence-electron chi connectivity index (χ3n) is 6.84. The number of amides is 1. The minimum absolute atomic E-state index is 0.133. The summed E-state index contributed by atoms with van der Waals surface area (Å²) in [6.07, 6.45) is 13.1. The van der Waals surface area contributed by atoms with Gasteiger partial charge in [-0.2, -0.15) is 5.10 Å². The summed E-state index contributed by atoms with van der Waals surface area (Å²) in [5, 5.41) is 6.60. The maximum absolute atomic E-state index is 11.6. The van der Waals surface area contributed by atoms with Gasteiger partial charge in [0.15, 0.2) is 11.4 Å². The van der Waals surface area contributed by atoms with Gasteiger partial charge in [-0.3, -0.25) is 14.5 Å². The molecule has 9 nitrogen and oxygen atoms in total. The Labute approximate surface area is 195 Å². The van der Waals surface area contributed by atoms with E-state index in [2.05, 4.69) is 21.3 Å². The van der Waals surface area contributed by atoms with Crippen LogP contribution in [-0.4, -0.2) is 48.2 Å². The monoisotopic (exact) mass is 455 g/mol. The number of anilines is 1. The van der Waals surface area contributed by atoms with Gasteiger partial charge in [0.25, 0.3) is 0 Å². The first kappa shape index (κ1) is 20.5. The van der Waals surface area contributed by atoms with E-state index in [0.29, 0.717) is 11.4 Å². The molecule has 1 saturated heterocycles. The molecule has 9 heteroatoms. The minimum atomic E-state index is 0.133. The number of nitrogens with zero attached hydrogens (tertiary/aromatic N) is 6. The summed E-state index contributed by atoms with van der Waals surface area (Å²) >= 11 is 0. The minimum Gasteiger partial charge on any atom is -0.452 e. The lowest BCUT2D eigenvalue weighted by molar-refractivity contribution is -0.130. The zero-order valence-corrected chi connectivity index (χ0v) is 19.1. The number of hydrogen-bond donors (Lipinski definition) is 1. The zero-order valence-electron chi connectivity index (χ0n) is 19.1.